The standard InChI is InChI=1S/C22H36O3/c1-14(2)24-19(23)25-18-13-16(21(6,7)8)15(20(3,4)5)12-17(18)22(9,10)11/h12-14H,1-11H3. The first kappa shape index (κ1) is 21.5. The lowest BCUT2D eigenvalue weighted by atomic mass is 9.72. The molecule has 0 spiro atoms. The topological polar surface area (TPSA) is 35.5 Å². The predicted octanol–water partition coefficient (Wildman–Crippen LogP) is 6.50. The van der Waals surface area contributed by atoms with E-state index in [-0.39, 0.29) is 22.3 Å². The molecule has 0 saturated carbocycles. The number of carbonyl (C=O) groups excluding carboxylic acids is 1. The molecule has 0 aliphatic rings. The van der Waals surface area contributed by atoms with Gasteiger partial charge in [0.15, 0.2) is 0 Å². The Bertz CT molecular complexity index is 620. The molecule has 0 N–H and O–H groups in total. The van der Waals surface area contributed by atoms with E-state index < -0.39 is 6.16 Å². The van der Waals surface area contributed by atoms with Gasteiger partial charge in [0.2, 0.25) is 0 Å². The van der Waals surface area contributed by atoms with E-state index >= 15 is 0 Å². The van der Waals surface area contributed by atoms with E-state index in [1.807, 2.05) is 19.9 Å². The van der Waals surface area contributed by atoms with Crippen LogP contribution in [0.3, 0.4) is 0 Å². The van der Waals surface area contributed by atoms with Gasteiger partial charge in [0.1, 0.15) is 5.75 Å². The molecule has 0 fully saturated rings. The van der Waals surface area contributed by atoms with Gasteiger partial charge in [-0.15, -0.1) is 0 Å². The lowest BCUT2D eigenvalue weighted by Gasteiger charge is -2.33. The van der Waals surface area contributed by atoms with E-state index in [2.05, 4.69) is 68.4 Å². The SMILES string of the molecule is CC(C)OC(=O)Oc1cc(C(C)(C)C)c(C(C)(C)C)cc1C(C)(C)C. The number of ether oxygens (including phenoxy) is 2. The Hall–Kier alpha value is -1.51. The number of hydrogen-bond donors (Lipinski definition) is 0. The molecule has 0 aliphatic heterocycles. The summed E-state index contributed by atoms with van der Waals surface area (Å²) in [6, 6.07) is 4.24. The molecule has 1 rings (SSSR count). The molecule has 0 atom stereocenters. The number of hydrogen-bond acceptors (Lipinski definition) is 3. The monoisotopic (exact) mass is 348 g/mol. The van der Waals surface area contributed by atoms with E-state index in [4.69, 9.17) is 9.47 Å². The fraction of sp³-hybridized carbons (Fsp3) is 0.682. The molecule has 142 valence electrons. The first-order chi connectivity index (χ1) is 11.0. The van der Waals surface area contributed by atoms with Crippen LogP contribution >= 0.6 is 0 Å². The number of rotatable bonds is 2. The zero-order valence-corrected chi connectivity index (χ0v) is 18.0. The molecular formula is C22H36O3. The van der Waals surface area contributed by atoms with Crippen LogP contribution in [0.15, 0.2) is 12.1 Å². The second-order valence-corrected chi connectivity index (χ2v) is 10.2. The summed E-state index contributed by atoms with van der Waals surface area (Å²) in [5.74, 6) is 0.594. The molecule has 0 heterocycles. The van der Waals surface area contributed by atoms with Crippen molar-refractivity contribution in [2.45, 2.75) is 98.5 Å². The highest BCUT2D eigenvalue weighted by Gasteiger charge is 2.31. The smallest absolute Gasteiger partial charge is 0.431 e. The fourth-order valence-electron chi connectivity index (χ4n) is 2.80. The minimum absolute atomic E-state index is 0.000412. The summed E-state index contributed by atoms with van der Waals surface area (Å²) < 4.78 is 10.8. The van der Waals surface area contributed by atoms with Crippen molar-refractivity contribution in [1.82, 2.24) is 0 Å². The van der Waals surface area contributed by atoms with Crippen molar-refractivity contribution in [3.63, 3.8) is 0 Å². The molecule has 0 aromatic heterocycles. The second-order valence-electron chi connectivity index (χ2n) is 10.2. The van der Waals surface area contributed by atoms with Gasteiger partial charge in [-0.05, 0) is 47.3 Å². The van der Waals surface area contributed by atoms with Crippen molar-refractivity contribution in [2.24, 2.45) is 0 Å². The Morgan fingerprint density at radius 3 is 1.52 bits per heavy atom. The summed E-state index contributed by atoms with van der Waals surface area (Å²) >= 11 is 0. The van der Waals surface area contributed by atoms with E-state index in [0.717, 1.165) is 5.56 Å². The summed E-state index contributed by atoms with van der Waals surface area (Å²) in [5.41, 5.74) is 3.30. The lowest BCUT2D eigenvalue weighted by molar-refractivity contribution is 0.0723. The largest absolute Gasteiger partial charge is 0.514 e. The van der Waals surface area contributed by atoms with Crippen LogP contribution in [0.4, 0.5) is 4.79 Å². The van der Waals surface area contributed by atoms with Gasteiger partial charge < -0.3 is 9.47 Å². The summed E-state index contributed by atoms with van der Waals surface area (Å²) in [6.45, 7) is 23.2. The minimum Gasteiger partial charge on any atom is -0.431 e. The van der Waals surface area contributed by atoms with E-state index in [0.29, 0.717) is 5.75 Å². The normalized spacial score (nSPS) is 13.1. The van der Waals surface area contributed by atoms with Crippen molar-refractivity contribution >= 4 is 6.16 Å². The third-order valence-corrected chi connectivity index (χ3v) is 4.07. The van der Waals surface area contributed by atoms with Crippen LogP contribution in [0, 0.1) is 0 Å². The lowest BCUT2D eigenvalue weighted by Crippen LogP contribution is -2.26. The van der Waals surface area contributed by atoms with Crippen molar-refractivity contribution in [3.8, 4) is 5.75 Å². The second kappa shape index (κ2) is 7.01. The third kappa shape index (κ3) is 5.76. The van der Waals surface area contributed by atoms with E-state index in [1.54, 1.807) is 0 Å². The maximum absolute atomic E-state index is 12.1. The summed E-state index contributed by atoms with van der Waals surface area (Å²) in [7, 11) is 0. The fourth-order valence-corrected chi connectivity index (χ4v) is 2.80. The van der Waals surface area contributed by atoms with Crippen LogP contribution in [0.1, 0.15) is 92.9 Å². The molecule has 1 aromatic rings. The van der Waals surface area contributed by atoms with E-state index in [1.165, 1.54) is 11.1 Å². The van der Waals surface area contributed by atoms with E-state index in [9.17, 15) is 4.79 Å². The van der Waals surface area contributed by atoms with Crippen LogP contribution in [-0.2, 0) is 21.0 Å². The van der Waals surface area contributed by atoms with Crippen molar-refractivity contribution < 1.29 is 14.3 Å². The van der Waals surface area contributed by atoms with Gasteiger partial charge >= 0.3 is 6.16 Å². The molecule has 0 amide bonds. The Labute approximate surface area is 154 Å². The van der Waals surface area contributed by atoms with Crippen molar-refractivity contribution in [1.29, 1.82) is 0 Å². The number of carbonyl (C=O) groups is 1. The van der Waals surface area contributed by atoms with Gasteiger partial charge in [0.05, 0.1) is 6.10 Å². The summed E-state index contributed by atoms with van der Waals surface area (Å²) in [4.78, 5) is 12.1. The average Bonchev–Trinajstić information content (AvgIpc) is 2.33. The van der Waals surface area contributed by atoms with Gasteiger partial charge in [0, 0.05) is 5.56 Å². The van der Waals surface area contributed by atoms with Crippen LogP contribution < -0.4 is 4.74 Å². The third-order valence-electron chi connectivity index (χ3n) is 4.07. The Balaban J connectivity index is 3.61. The van der Waals surface area contributed by atoms with Crippen LogP contribution in [0.2, 0.25) is 0 Å². The highest BCUT2D eigenvalue weighted by Crippen LogP contribution is 2.41. The summed E-state index contributed by atoms with van der Waals surface area (Å²) in [6.07, 6.45) is -0.856. The highest BCUT2D eigenvalue weighted by atomic mass is 16.7. The van der Waals surface area contributed by atoms with Crippen LogP contribution in [0.25, 0.3) is 0 Å². The van der Waals surface area contributed by atoms with Gasteiger partial charge in [-0.2, -0.15) is 0 Å². The van der Waals surface area contributed by atoms with Gasteiger partial charge in [-0.3, -0.25) is 0 Å². The zero-order chi connectivity index (χ0) is 19.8. The molecule has 0 bridgehead atoms. The summed E-state index contributed by atoms with van der Waals surface area (Å²) in [5, 5.41) is 0. The maximum Gasteiger partial charge on any atom is 0.514 e. The first-order valence-corrected chi connectivity index (χ1v) is 9.11. The molecule has 3 nitrogen and oxygen atoms in total. The molecule has 0 aliphatic carbocycles. The first-order valence-electron chi connectivity index (χ1n) is 9.11. The van der Waals surface area contributed by atoms with Crippen LogP contribution in [0.5, 0.6) is 5.75 Å². The molecule has 0 unspecified atom stereocenters. The molecule has 0 radical (unpaired) electrons. The van der Waals surface area contributed by atoms with Crippen molar-refractivity contribution in [2.75, 3.05) is 0 Å². The highest BCUT2D eigenvalue weighted by molar-refractivity contribution is 5.66. The predicted molar refractivity (Wildman–Crippen MR) is 105 cm³/mol. The number of benzene rings is 1. The molecule has 1 aromatic carbocycles. The molecular weight excluding hydrogens is 312 g/mol. The van der Waals surface area contributed by atoms with Crippen molar-refractivity contribution in [3.05, 3.63) is 28.8 Å². The van der Waals surface area contributed by atoms with Gasteiger partial charge in [0.25, 0.3) is 0 Å². The van der Waals surface area contributed by atoms with Gasteiger partial charge in [-0.25, -0.2) is 4.79 Å². The van der Waals surface area contributed by atoms with Gasteiger partial charge in [-0.1, -0.05) is 68.4 Å². The Morgan fingerprint density at radius 1 is 0.760 bits per heavy atom. The minimum atomic E-state index is -0.649. The molecule has 0 saturated heterocycles. The quantitative estimate of drug-likeness (QED) is 0.452. The Kier molecular flexibility index (Phi) is 6.04. The molecule has 3 heteroatoms. The zero-order valence-electron chi connectivity index (χ0n) is 18.0. The maximum atomic E-state index is 12.1. The molecule has 25 heavy (non-hydrogen) atoms. The Morgan fingerprint density at radius 2 is 1.16 bits per heavy atom. The average molecular weight is 349 g/mol. The van der Waals surface area contributed by atoms with Crippen LogP contribution in [-0.4, -0.2) is 12.3 Å².